The number of amides is 2. The van der Waals surface area contributed by atoms with Crippen LogP contribution in [0.4, 0.5) is 0 Å². The standard InChI is InChI=1S/C22H37NO3/c1-2-3-4-5-6-7-8-9-10-11-12-13-16-23-21(24)19-17-14-15-18(26-17)20(19)22(23)25/h17-20H,2-16H2,1H3/t17-,18+,19-,20+. The molecule has 3 aliphatic heterocycles. The molecule has 2 amide bonds. The summed E-state index contributed by atoms with van der Waals surface area (Å²) in [5, 5.41) is 0. The van der Waals surface area contributed by atoms with Crippen molar-refractivity contribution in [2.45, 2.75) is 109 Å². The maximum Gasteiger partial charge on any atom is 0.235 e. The Hall–Kier alpha value is -0.900. The highest BCUT2D eigenvalue weighted by Gasteiger charge is 2.62. The molecule has 0 aromatic rings. The van der Waals surface area contributed by atoms with Crippen LogP contribution in [0.3, 0.4) is 0 Å². The molecule has 3 fully saturated rings. The number of ether oxygens (including phenoxy) is 1. The topological polar surface area (TPSA) is 46.6 Å². The van der Waals surface area contributed by atoms with Crippen LogP contribution in [0.15, 0.2) is 0 Å². The maximum atomic E-state index is 12.5. The summed E-state index contributed by atoms with van der Waals surface area (Å²) >= 11 is 0. The zero-order chi connectivity index (χ0) is 18.4. The molecule has 3 heterocycles. The van der Waals surface area contributed by atoms with Gasteiger partial charge in [0.15, 0.2) is 0 Å². The van der Waals surface area contributed by atoms with Crippen molar-refractivity contribution in [3.8, 4) is 0 Å². The second kappa shape index (κ2) is 9.87. The Morgan fingerprint density at radius 3 is 1.62 bits per heavy atom. The Kier molecular flexibility index (Phi) is 7.53. The van der Waals surface area contributed by atoms with Gasteiger partial charge >= 0.3 is 0 Å². The normalized spacial score (nSPS) is 29.8. The van der Waals surface area contributed by atoms with Crippen molar-refractivity contribution in [1.29, 1.82) is 0 Å². The molecule has 0 N–H and O–H groups in total. The number of hydrogen-bond donors (Lipinski definition) is 0. The molecule has 0 radical (unpaired) electrons. The van der Waals surface area contributed by atoms with Gasteiger partial charge in [-0.1, -0.05) is 77.6 Å². The lowest BCUT2D eigenvalue weighted by Gasteiger charge is -2.17. The molecule has 4 atom stereocenters. The summed E-state index contributed by atoms with van der Waals surface area (Å²) in [4.78, 5) is 26.6. The van der Waals surface area contributed by atoms with Crippen LogP contribution in [0.25, 0.3) is 0 Å². The minimum absolute atomic E-state index is 0.0217. The highest BCUT2D eigenvalue weighted by atomic mass is 16.5. The van der Waals surface area contributed by atoms with Crippen LogP contribution in [-0.4, -0.2) is 35.5 Å². The molecule has 0 aromatic heterocycles. The molecule has 0 aliphatic carbocycles. The SMILES string of the molecule is CCCCCCCCCCCCCCN1C(=O)[C@@H]2[C@H](C1=O)[C@H]1CC[C@@H]2O1. The highest BCUT2D eigenvalue weighted by molar-refractivity contribution is 6.06. The number of unbranched alkanes of at least 4 members (excludes halogenated alkanes) is 11. The first-order valence-corrected chi connectivity index (χ1v) is 11.2. The molecule has 26 heavy (non-hydrogen) atoms. The number of nitrogens with zero attached hydrogens (tertiary/aromatic N) is 1. The van der Waals surface area contributed by atoms with Crippen LogP contribution in [0, 0.1) is 11.8 Å². The zero-order valence-corrected chi connectivity index (χ0v) is 16.6. The fourth-order valence-electron chi connectivity index (χ4n) is 5.11. The van der Waals surface area contributed by atoms with Gasteiger partial charge in [-0.05, 0) is 19.3 Å². The predicted octanol–water partition coefficient (Wildman–Crippen LogP) is 4.85. The Labute approximate surface area is 159 Å². The summed E-state index contributed by atoms with van der Waals surface area (Å²) in [6.07, 6.45) is 17.6. The van der Waals surface area contributed by atoms with Gasteiger partial charge in [-0.3, -0.25) is 14.5 Å². The molecule has 4 nitrogen and oxygen atoms in total. The van der Waals surface area contributed by atoms with Gasteiger partial charge in [0.25, 0.3) is 0 Å². The lowest BCUT2D eigenvalue weighted by atomic mass is 9.81. The van der Waals surface area contributed by atoms with E-state index in [0.717, 1.165) is 25.7 Å². The van der Waals surface area contributed by atoms with E-state index in [0.29, 0.717) is 6.54 Å². The average molecular weight is 364 g/mol. The highest BCUT2D eigenvalue weighted by Crippen LogP contribution is 2.48. The van der Waals surface area contributed by atoms with Gasteiger partial charge in [0.05, 0.1) is 24.0 Å². The number of imide groups is 1. The van der Waals surface area contributed by atoms with Crippen molar-refractivity contribution in [3.63, 3.8) is 0 Å². The number of carbonyl (C=O) groups is 2. The van der Waals surface area contributed by atoms with Crippen molar-refractivity contribution in [1.82, 2.24) is 4.90 Å². The van der Waals surface area contributed by atoms with Gasteiger partial charge in [-0.15, -0.1) is 0 Å². The number of fused-ring (bicyclic) bond motifs is 5. The van der Waals surface area contributed by atoms with Crippen molar-refractivity contribution >= 4 is 11.8 Å². The first-order chi connectivity index (χ1) is 12.7. The third-order valence-electron chi connectivity index (χ3n) is 6.61. The van der Waals surface area contributed by atoms with Crippen molar-refractivity contribution in [2.75, 3.05) is 6.54 Å². The predicted molar refractivity (Wildman–Crippen MR) is 103 cm³/mol. The third kappa shape index (κ3) is 4.49. The van der Waals surface area contributed by atoms with E-state index in [1.54, 1.807) is 4.90 Å². The monoisotopic (exact) mass is 363 g/mol. The lowest BCUT2D eigenvalue weighted by Crippen LogP contribution is -2.35. The van der Waals surface area contributed by atoms with E-state index in [1.807, 2.05) is 0 Å². The molecular weight excluding hydrogens is 326 g/mol. The van der Waals surface area contributed by atoms with E-state index < -0.39 is 0 Å². The van der Waals surface area contributed by atoms with Gasteiger partial charge in [0.1, 0.15) is 0 Å². The number of rotatable bonds is 13. The summed E-state index contributed by atoms with van der Waals surface area (Å²) in [6.45, 7) is 2.89. The van der Waals surface area contributed by atoms with E-state index in [4.69, 9.17) is 4.74 Å². The fraction of sp³-hybridized carbons (Fsp3) is 0.909. The number of carbonyl (C=O) groups excluding carboxylic acids is 2. The largest absolute Gasteiger partial charge is 0.373 e. The molecule has 3 aliphatic rings. The Bertz CT molecular complexity index is 450. The Morgan fingerprint density at radius 2 is 1.15 bits per heavy atom. The minimum atomic E-state index is -0.154. The lowest BCUT2D eigenvalue weighted by molar-refractivity contribution is -0.142. The van der Waals surface area contributed by atoms with Crippen LogP contribution in [-0.2, 0) is 14.3 Å². The molecule has 0 spiro atoms. The summed E-state index contributed by atoms with van der Waals surface area (Å²) < 4.78 is 5.78. The summed E-state index contributed by atoms with van der Waals surface area (Å²) in [5.41, 5.74) is 0. The molecule has 3 rings (SSSR count). The van der Waals surface area contributed by atoms with Gasteiger partial charge in [-0.25, -0.2) is 0 Å². The summed E-state index contributed by atoms with van der Waals surface area (Å²) in [7, 11) is 0. The minimum Gasteiger partial charge on any atom is -0.373 e. The maximum absolute atomic E-state index is 12.5. The van der Waals surface area contributed by atoms with Gasteiger partial charge in [-0.2, -0.15) is 0 Å². The molecule has 0 aromatic carbocycles. The van der Waals surface area contributed by atoms with E-state index in [2.05, 4.69) is 6.92 Å². The molecule has 4 heteroatoms. The van der Waals surface area contributed by atoms with Crippen LogP contribution < -0.4 is 0 Å². The van der Waals surface area contributed by atoms with E-state index in [9.17, 15) is 9.59 Å². The van der Waals surface area contributed by atoms with Crippen molar-refractivity contribution in [3.05, 3.63) is 0 Å². The van der Waals surface area contributed by atoms with Crippen LogP contribution >= 0.6 is 0 Å². The van der Waals surface area contributed by atoms with Crippen LogP contribution in [0.2, 0.25) is 0 Å². The first-order valence-electron chi connectivity index (χ1n) is 11.2. The Balaban J connectivity index is 1.21. The van der Waals surface area contributed by atoms with E-state index in [-0.39, 0.29) is 35.9 Å². The summed E-state index contributed by atoms with van der Waals surface area (Å²) in [6, 6.07) is 0. The van der Waals surface area contributed by atoms with Crippen molar-refractivity contribution in [2.24, 2.45) is 11.8 Å². The molecule has 0 saturated carbocycles. The molecule has 0 unspecified atom stereocenters. The summed E-state index contributed by atoms with van der Waals surface area (Å²) in [5.74, 6) is -0.206. The third-order valence-corrected chi connectivity index (χ3v) is 6.61. The Morgan fingerprint density at radius 1 is 0.731 bits per heavy atom. The van der Waals surface area contributed by atoms with E-state index >= 15 is 0 Å². The molecule has 2 bridgehead atoms. The smallest absolute Gasteiger partial charge is 0.235 e. The van der Waals surface area contributed by atoms with Crippen LogP contribution in [0.5, 0.6) is 0 Å². The second-order valence-electron chi connectivity index (χ2n) is 8.56. The quantitative estimate of drug-likeness (QED) is 0.347. The van der Waals surface area contributed by atoms with Crippen LogP contribution in [0.1, 0.15) is 96.8 Å². The fourth-order valence-corrected chi connectivity index (χ4v) is 5.11. The van der Waals surface area contributed by atoms with Gasteiger partial charge in [0.2, 0.25) is 11.8 Å². The molecule has 3 saturated heterocycles. The molecule has 148 valence electrons. The van der Waals surface area contributed by atoms with E-state index in [1.165, 1.54) is 64.2 Å². The second-order valence-corrected chi connectivity index (χ2v) is 8.56. The average Bonchev–Trinajstić information content (AvgIpc) is 3.31. The van der Waals surface area contributed by atoms with Crippen molar-refractivity contribution < 1.29 is 14.3 Å². The molecular formula is C22H37NO3. The number of hydrogen-bond acceptors (Lipinski definition) is 3. The van der Waals surface area contributed by atoms with Gasteiger partial charge in [0, 0.05) is 6.54 Å². The first kappa shape index (κ1) is 19.9. The van der Waals surface area contributed by atoms with Gasteiger partial charge < -0.3 is 4.74 Å². The number of likely N-dealkylation sites (tertiary alicyclic amines) is 1. The zero-order valence-electron chi connectivity index (χ0n) is 16.6.